The molecule has 1 aromatic carbocycles. The number of aliphatic hydroxyl groups is 1. The van der Waals surface area contributed by atoms with E-state index >= 15 is 0 Å². The maximum atomic E-state index is 8.79. The standard InChI is InChI=1S/C13H16OS/c14-10-5-9-13-7-2-1-6-12(13)8-3-4-11-15/h1-2,6-7,14-15H,4-5,9-11H2. The molecule has 1 nitrogen and oxygen atoms in total. The summed E-state index contributed by atoms with van der Waals surface area (Å²) in [6, 6.07) is 8.10. The van der Waals surface area contributed by atoms with Crippen molar-refractivity contribution in [1.82, 2.24) is 0 Å². The second-order valence-electron chi connectivity index (χ2n) is 3.26. The smallest absolute Gasteiger partial charge is 0.0434 e. The van der Waals surface area contributed by atoms with Crippen molar-refractivity contribution in [3.8, 4) is 11.8 Å². The molecule has 0 saturated heterocycles. The summed E-state index contributed by atoms with van der Waals surface area (Å²) in [6.45, 7) is 0.235. The third-order valence-electron chi connectivity index (χ3n) is 2.08. The zero-order valence-corrected chi connectivity index (χ0v) is 9.63. The van der Waals surface area contributed by atoms with E-state index in [9.17, 15) is 0 Å². The lowest BCUT2D eigenvalue weighted by Crippen LogP contribution is -1.92. The first-order chi connectivity index (χ1) is 7.38. The van der Waals surface area contributed by atoms with Gasteiger partial charge in [0.2, 0.25) is 0 Å². The second-order valence-corrected chi connectivity index (χ2v) is 3.71. The molecule has 1 rings (SSSR count). The minimum absolute atomic E-state index is 0.235. The Morgan fingerprint density at radius 3 is 2.80 bits per heavy atom. The third-order valence-corrected chi connectivity index (χ3v) is 2.31. The van der Waals surface area contributed by atoms with Gasteiger partial charge in [-0.2, -0.15) is 12.6 Å². The van der Waals surface area contributed by atoms with Gasteiger partial charge in [0.25, 0.3) is 0 Å². The Labute approximate surface area is 96.9 Å². The van der Waals surface area contributed by atoms with Gasteiger partial charge in [-0.05, 0) is 24.5 Å². The number of rotatable bonds is 4. The van der Waals surface area contributed by atoms with Crippen LogP contribution in [0.1, 0.15) is 24.0 Å². The molecule has 0 aliphatic carbocycles. The van der Waals surface area contributed by atoms with E-state index < -0.39 is 0 Å². The van der Waals surface area contributed by atoms with Gasteiger partial charge in [-0.1, -0.05) is 30.0 Å². The summed E-state index contributed by atoms with van der Waals surface area (Å²) in [6.07, 6.45) is 2.50. The first kappa shape index (κ1) is 12.2. The molecule has 0 amide bonds. The van der Waals surface area contributed by atoms with E-state index in [4.69, 9.17) is 5.11 Å². The molecule has 15 heavy (non-hydrogen) atoms. The molecular weight excluding hydrogens is 204 g/mol. The molecule has 0 aliphatic heterocycles. The van der Waals surface area contributed by atoms with E-state index in [2.05, 4.69) is 30.5 Å². The lowest BCUT2D eigenvalue weighted by atomic mass is 10.0. The molecular formula is C13H16OS. The van der Waals surface area contributed by atoms with Gasteiger partial charge in [0.05, 0.1) is 0 Å². The predicted octanol–water partition coefficient (Wildman–Crippen LogP) is 2.28. The summed E-state index contributed by atoms with van der Waals surface area (Å²) >= 11 is 4.11. The molecule has 0 unspecified atom stereocenters. The molecule has 2 heteroatoms. The molecule has 0 bridgehead atoms. The molecule has 0 fully saturated rings. The van der Waals surface area contributed by atoms with Crippen LogP contribution in [0.15, 0.2) is 24.3 Å². The molecule has 1 aromatic rings. The van der Waals surface area contributed by atoms with Crippen molar-refractivity contribution in [3.05, 3.63) is 35.4 Å². The van der Waals surface area contributed by atoms with Crippen molar-refractivity contribution in [2.45, 2.75) is 19.3 Å². The zero-order chi connectivity index (χ0) is 10.9. The van der Waals surface area contributed by atoms with Gasteiger partial charge in [-0.3, -0.25) is 0 Å². The SMILES string of the molecule is OCCCc1ccccc1C#CCCS. The lowest BCUT2D eigenvalue weighted by Gasteiger charge is -2.02. The molecule has 0 heterocycles. The Morgan fingerprint density at radius 2 is 2.07 bits per heavy atom. The minimum Gasteiger partial charge on any atom is -0.396 e. The zero-order valence-electron chi connectivity index (χ0n) is 8.74. The highest BCUT2D eigenvalue weighted by molar-refractivity contribution is 7.80. The maximum Gasteiger partial charge on any atom is 0.0434 e. The molecule has 0 atom stereocenters. The Balaban J connectivity index is 2.73. The molecule has 0 aliphatic rings. The summed E-state index contributed by atoms with van der Waals surface area (Å²) in [5, 5.41) is 8.79. The van der Waals surface area contributed by atoms with Crippen LogP contribution in [0, 0.1) is 11.8 Å². The average Bonchev–Trinajstić information content (AvgIpc) is 2.28. The Hall–Kier alpha value is -0.910. The molecule has 80 valence electrons. The van der Waals surface area contributed by atoms with Crippen LogP contribution < -0.4 is 0 Å². The van der Waals surface area contributed by atoms with Crippen LogP contribution >= 0.6 is 12.6 Å². The van der Waals surface area contributed by atoms with Crippen molar-refractivity contribution in [2.75, 3.05) is 12.4 Å². The first-order valence-corrected chi connectivity index (χ1v) is 5.80. The minimum atomic E-state index is 0.235. The lowest BCUT2D eigenvalue weighted by molar-refractivity contribution is 0.288. The normalized spacial score (nSPS) is 9.47. The van der Waals surface area contributed by atoms with E-state index in [0.717, 1.165) is 30.6 Å². The van der Waals surface area contributed by atoms with E-state index in [1.165, 1.54) is 5.56 Å². The number of benzene rings is 1. The average molecular weight is 220 g/mol. The highest BCUT2D eigenvalue weighted by Gasteiger charge is 1.97. The highest BCUT2D eigenvalue weighted by atomic mass is 32.1. The third kappa shape index (κ3) is 4.42. The van der Waals surface area contributed by atoms with Crippen LogP contribution in [0.25, 0.3) is 0 Å². The monoisotopic (exact) mass is 220 g/mol. The summed E-state index contributed by atoms with van der Waals surface area (Å²) in [4.78, 5) is 0. The van der Waals surface area contributed by atoms with E-state index in [1.807, 2.05) is 18.2 Å². The van der Waals surface area contributed by atoms with Crippen LogP contribution in [0.3, 0.4) is 0 Å². The molecule has 0 saturated carbocycles. The van der Waals surface area contributed by atoms with Crippen molar-refractivity contribution in [3.63, 3.8) is 0 Å². The molecule has 0 aromatic heterocycles. The van der Waals surface area contributed by atoms with Crippen molar-refractivity contribution < 1.29 is 5.11 Å². The number of hydrogen-bond donors (Lipinski definition) is 2. The largest absolute Gasteiger partial charge is 0.396 e. The second kappa shape index (κ2) is 7.39. The summed E-state index contributed by atoms with van der Waals surface area (Å²) in [7, 11) is 0. The molecule has 1 N–H and O–H groups in total. The van der Waals surface area contributed by atoms with E-state index in [1.54, 1.807) is 0 Å². The maximum absolute atomic E-state index is 8.79. The topological polar surface area (TPSA) is 20.2 Å². The van der Waals surface area contributed by atoms with Gasteiger partial charge in [0.15, 0.2) is 0 Å². The van der Waals surface area contributed by atoms with Crippen molar-refractivity contribution in [2.24, 2.45) is 0 Å². The van der Waals surface area contributed by atoms with E-state index in [0.29, 0.717) is 0 Å². The fourth-order valence-electron chi connectivity index (χ4n) is 1.34. The van der Waals surface area contributed by atoms with Crippen molar-refractivity contribution >= 4 is 12.6 Å². The number of thiol groups is 1. The Bertz CT molecular complexity index is 349. The van der Waals surface area contributed by atoms with Gasteiger partial charge in [0, 0.05) is 24.3 Å². The first-order valence-electron chi connectivity index (χ1n) is 5.17. The predicted molar refractivity (Wildman–Crippen MR) is 67.2 cm³/mol. The molecule has 0 spiro atoms. The number of aliphatic hydroxyl groups excluding tert-OH is 1. The van der Waals surface area contributed by atoms with Gasteiger partial charge < -0.3 is 5.11 Å². The van der Waals surface area contributed by atoms with Gasteiger partial charge in [-0.15, -0.1) is 0 Å². The fourth-order valence-corrected chi connectivity index (χ4v) is 1.46. The van der Waals surface area contributed by atoms with Crippen molar-refractivity contribution in [1.29, 1.82) is 0 Å². The van der Waals surface area contributed by atoms with Gasteiger partial charge >= 0.3 is 0 Å². The van der Waals surface area contributed by atoms with Crippen LogP contribution in [0.5, 0.6) is 0 Å². The summed E-state index contributed by atoms with van der Waals surface area (Å²) in [5.74, 6) is 7.02. The summed E-state index contributed by atoms with van der Waals surface area (Å²) < 4.78 is 0. The molecule has 0 radical (unpaired) electrons. The van der Waals surface area contributed by atoms with Crippen LogP contribution in [-0.2, 0) is 6.42 Å². The van der Waals surface area contributed by atoms with Gasteiger partial charge in [0.1, 0.15) is 0 Å². The fraction of sp³-hybridized carbons (Fsp3) is 0.385. The Morgan fingerprint density at radius 1 is 1.27 bits per heavy atom. The van der Waals surface area contributed by atoms with Gasteiger partial charge in [-0.25, -0.2) is 0 Å². The van der Waals surface area contributed by atoms with E-state index in [-0.39, 0.29) is 6.61 Å². The van der Waals surface area contributed by atoms with Crippen LogP contribution in [0.4, 0.5) is 0 Å². The number of aryl methyl sites for hydroxylation is 1. The highest BCUT2D eigenvalue weighted by Crippen LogP contribution is 2.09. The summed E-state index contributed by atoms with van der Waals surface area (Å²) in [5.41, 5.74) is 2.30. The van der Waals surface area contributed by atoms with Crippen LogP contribution in [-0.4, -0.2) is 17.5 Å². The van der Waals surface area contributed by atoms with Crippen LogP contribution in [0.2, 0.25) is 0 Å². The number of hydrogen-bond acceptors (Lipinski definition) is 2. The quantitative estimate of drug-likeness (QED) is 0.589. The Kier molecular flexibility index (Phi) is 5.99.